The van der Waals surface area contributed by atoms with Crippen LogP contribution in [-0.2, 0) is 4.74 Å². The highest BCUT2D eigenvalue weighted by Crippen LogP contribution is 2.32. The molecule has 1 aliphatic rings. The molecule has 4 nitrogen and oxygen atoms in total. The van der Waals surface area contributed by atoms with Gasteiger partial charge in [0, 0.05) is 31.1 Å². The lowest BCUT2D eigenvalue weighted by atomic mass is 10.1. The average Bonchev–Trinajstić information content (AvgIpc) is 2.87. The Hall–Kier alpha value is -0.650. The van der Waals surface area contributed by atoms with Crippen LogP contribution in [-0.4, -0.2) is 37.8 Å². The summed E-state index contributed by atoms with van der Waals surface area (Å²) >= 11 is 1.83. The van der Waals surface area contributed by atoms with Crippen LogP contribution in [0.5, 0.6) is 0 Å². The fourth-order valence-electron chi connectivity index (χ4n) is 2.69. The molecule has 1 N–H and O–H groups in total. The summed E-state index contributed by atoms with van der Waals surface area (Å²) in [5.41, 5.74) is 1.17. The van der Waals surface area contributed by atoms with E-state index in [0.717, 1.165) is 31.2 Å². The summed E-state index contributed by atoms with van der Waals surface area (Å²) in [5.74, 6) is 0. The molecular weight excluding hydrogens is 270 g/mol. The lowest BCUT2D eigenvalue weighted by Crippen LogP contribution is -2.39. The number of thiazole rings is 1. The fourth-order valence-corrected chi connectivity index (χ4v) is 3.82. The molecule has 0 aliphatic carbocycles. The van der Waals surface area contributed by atoms with Gasteiger partial charge in [0.25, 0.3) is 0 Å². The molecule has 1 aromatic rings. The number of ether oxygens (including phenoxy) is 1. The molecule has 114 valence electrons. The zero-order chi connectivity index (χ0) is 14.5. The Labute approximate surface area is 126 Å². The Morgan fingerprint density at radius 1 is 1.55 bits per heavy atom. The first kappa shape index (κ1) is 15.7. The maximum atomic E-state index is 5.50. The van der Waals surface area contributed by atoms with Gasteiger partial charge in [-0.2, -0.15) is 0 Å². The van der Waals surface area contributed by atoms with Crippen LogP contribution in [0.3, 0.4) is 0 Å². The minimum atomic E-state index is 0.354. The van der Waals surface area contributed by atoms with Crippen LogP contribution in [0, 0.1) is 6.92 Å². The van der Waals surface area contributed by atoms with Crippen molar-refractivity contribution in [3.05, 3.63) is 10.6 Å². The monoisotopic (exact) mass is 297 g/mol. The Morgan fingerprint density at radius 2 is 2.35 bits per heavy atom. The van der Waals surface area contributed by atoms with Gasteiger partial charge in [-0.05, 0) is 39.7 Å². The molecule has 2 atom stereocenters. The topological polar surface area (TPSA) is 37.4 Å². The molecule has 2 heterocycles. The first-order valence-corrected chi connectivity index (χ1v) is 8.45. The summed E-state index contributed by atoms with van der Waals surface area (Å²) in [6.07, 6.45) is 3.87. The van der Waals surface area contributed by atoms with E-state index in [1.165, 1.54) is 23.4 Å². The second-order valence-corrected chi connectivity index (χ2v) is 6.58. The van der Waals surface area contributed by atoms with E-state index in [4.69, 9.17) is 9.72 Å². The molecule has 0 amide bonds. The van der Waals surface area contributed by atoms with Gasteiger partial charge in [-0.25, -0.2) is 4.98 Å². The number of hydrogen-bond acceptors (Lipinski definition) is 5. The maximum Gasteiger partial charge on any atom is 0.185 e. The molecule has 1 aliphatic heterocycles. The lowest BCUT2D eigenvalue weighted by Gasteiger charge is -2.31. The van der Waals surface area contributed by atoms with Gasteiger partial charge in [-0.15, -0.1) is 11.3 Å². The number of aryl methyl sites for hydroxylation is 1. The summed E-state index contributed by atoms with van der Waals surface area (Å²) in [6, 6.07) is 0.393. The zero-order valence-corrected chi connectivity index (χ0v) is 13.9. The second-order valence-electron chi connectivity index (χ2n) is 5.57. The average molecular weight is 297 g/mol. The number of aromatic nitrogens is 1. The van der Waals surface area contributed by atoms with Crippen molar-refractivity contribution < 1.29 is 4.74 Å². The van der Waals surface area contributed by atoms with Crippen LogP contribution in [0.2, 0.25) is 0 Å². The number of nitrogens with one attached hydrogen (secondary N) is 1. The smallest absolute Gasteiger partial charge is 0.185 e. The van der Waals surface area contributed by atoms with Gasteiger partial charge < -0.3 is 15.0 Å². The van der Waals surface area contributed by atoms with Crippen molar-refractivity contribution in [2.75, 3.05) is 31.6 Å². The number of piperidine rings is 1. The van der Waals surface area contributed by atoms with Crippen molar-refractivity contribution in [1.29, 1.82) is 0 Å². The number of hydrogen-bond donors (Lipinski definition) is 1. The van der Waals surface area contributed by atoms with Crippen LogP contribution in [0.15, 0.2) is 0 Å². The van der Waals surface area contributed by atoms with E-state index >= 15 is 0 Å². The van der Waals surface area contributed by atoms with E-state index < -0.39 is 0 Å². The van der Waals surface area contributed by atoms with Crippen molar-refractivity contribution in [3.63, 3.8) is 0 Å². The summed E-state index contributed by atoms with van der Waals surface area (Å²) in [7, 11) is 1.81. The molecule has 2 rings (SSSR count). The molecule has 1 fully saturated rings. The summed E-state index contributed by atoms with van der Waals surface area (Å²) < 4.78 is 5.50. The summed E-state index contributed by atoms with van der Waals surface area (Å²) in [6.45, 7) is 9.68. The van der Waals surface area contributed by atoms with Crippen LogP contribution in [0.25, 0.3) is 0 Å². The van der Waals surface area contributed by atoms with Crippen molar-refractivity contribution in [2.45, 2.75) is 52.2 Å². The molecule has 5 heteroatoms. The van der Waals surface area contributed by atoms with Crippen molar-refractivity contribution in [1.82, 2.24) is 10.3 Å². The quantitative estimate of drug-likeness (QED) is 0.875. The number of methoxy groups -OCH3 is 1. The van der Waals surface area contributed by atoms with E-state index in [1.807, 2.05) is 18.4 Å². The molecule has 1 saturated heterocycles. The van der Waals surface area contributed by atoms with E-state index in [2.05, 4.69) is 31.0 Å². The van der Waals surface area contributed by atoms with Crippen LogP contribution >= 0.6 is 11.3 Å². The molecule has 0 saturated carbocycles. The van der Waals surface area contributed by atoms with Crippen molar-refractivity contribution in [3.8, 4) is 0 Å². The van der Waals surface area contributed by atoms with E-state index in [9.17, 15) is 0 Å². The lowest BCUT2D eigenvalue weighted by molar-refractivity contribution is 0.0893. The SMILES string of the molecule is CCCNC(C)c1sc(N2CCCC(OC)C2)nc1C. The van der Waals surface area contributed by atoms with Gasteiger partial charge in [0.05, 0.1) is 11.8 Å². The predicted octanol–water partition coefficient (Wildman–Crippen LogP) is 3.13. The second kappa shape index (κ2) is 7.38. The van der Waals surface area contributed by atoms with E-state index in [0.29, 0.717) is 12.1 Å². The standard InChI is InChI=1S/C15H27N3OS/c1-5-8-16-11(2)14-12(3)17-15(20-14)18-9-6-7-13(10-18)19-4/h11,13,16H,5-10H2,1-4H3. The van der Waals surface area contributed by atoms with Gasteiger partial charge >= 0.3 is 0 Å². The number of rotatable bonds is 6. The number of nitrogens with zero attached hydrogens (tertiary/aromatic N) is 2. The maximum absolute atomic E-state index is 5.50. The molecule has 0 bridgehead atoms. The largest absolute Gasteiger partial charge is 0.380 e. The minimum Gasteiger partial charge on any atom is -0.380 e. The Balaban J connectivity index is 2.06. The van der Waals surface area contributed by atoms with Gasteiger partial charge in [0.15, 0.2) is 5.13 Å². The van der Waals surface area contributed by atoms with Gasteiger partial charge in [0.2, 0.25) is 0 Å². The summed E-state index contributed by atoms with van der Waals surface area (Å²) in [5, 5.41) is 4.71. The zero-order valence-electron chi connectivity index (χ0n) is 13.1. The molecule has 20 heavy (non-hydrogen) atoms. The predicted molar refractivity (Wildman–Crippen MR) is 85.8 cm³/mol. The minimum absolute atomic E-state index is 0.354. The third-order valence-electron chi connectivity index (χ3n) is 3.90. The van der Waals surface area contributed by atoms with Crippen LogP contribution in [0.4, 0.5) is 5.13 Å². The third-order valence-corrected chi connectivity index (χ3v) is 5.30. The molecular formula is C15H27N3OS. The molecule has 0 aromatic carbocycles. The molecule has 2 unspecified atom stereocenters. The Kier molecular flexibility index (Phi) is 5.81. The highest BCUT2D eigenvalue weighted by atomic mass is 32.1. The Bertz CT molecular complexity index is 421. The van der Waals surface area contributed by atoms with Crippen LogP contribution in [0.1, 0.15) is 49.7 Å². The fraction of sp³-hybridized carbons (Fsp3) is 0.800. The highest BCUT2D eigenvalue weighted by molar-refractivity contribution is 7.15. The third kappa shape index (κ3) is 3.71. The van der Waals surface area contributed by atoms with Crippen LogP contribution < -0.4 is 10.2 Å². The highest BCUT2D eigenvalue weighted by Gasteiger charge is 2.23. The van der Waals surface area contributed by atoms with Gasteiger partial charge in [0.1, 0.15) is 0 Å². The van der Waals surface area contributed by atoms with Gasteiger partial charge in [-0.3, -0.25) is 0 Å². The first-order valence-electron chi connectivity index (χ1n) is 7.64. The number of anilines is 1. The molecule has 0 spiro atoms. The normalized spacial score (nSPS) is 21.2. The van der Waals surface area contributed by atoms with Gasteiger partial charge in [-0.1, -0.05) is 6.92 Å². The first-order chi connectivity index (χ1) is 9.65. The summed E-state index contributed by atoms with van der Waals surface area (Å²) in [4.78, 5) is 8.53. The van der Waals surface area contributed by atoms with E-state index in [-0.39, 0.29) is 0 Å². The molecule has 1 aromatic heterocycles. The Morgan fingerprint density at radius 3 is 3.05 bits per heavy atom. The van der Waals surface area contributed by atoms with Crippen molar-refractivity contribution in [2.24, 2.45) is 0 Å². The molecule has 0 radical (unpaired) electrons. The van der Waals surface area contributed by atoms with Crippen molar-refractivity contribution >= 4 is 16.5 Å². The van der Waals surface area contributed by atoms with E-state index in [1.54, 1.807) is 0 Å².